The van der Waals surface area contributed by atoms with Crippen LogP contribution in [0, 0.1) is 0 Å². The van der Waals surface area contributed by atoms with Crippen LogP contribution in [0.15, 0.2) is 24.3 Å². The van der Waals surface area contributed by atoms with Gasteiger partial charge in [-0.3, -0.25) is 4.79 Å². The van der Waals surface area contributed by atoms with Gasteiger partial charge in [-0.15, -0.1) is 0 Å². The average Bonchev–Trinajstić information content (AvgIpc) is 3.08. The summed E-state index contributed by atoms with van der Waals surface area (Å²) in [5.41, 5.74) is 0. The van der Waals surface area contributed by atoms with E-state index in [-0.39, 0.29) is 12.1 Å². The molecule has 0 amide bonds. The molecule has 0 aromatic rings. The predicted octanol–water partition coefficient (Wildman–Crippen LogP) is 12.1. The third kappa shape index (κ3) is 29.7. The lowest BCUT2D eigenvalue weighted by atomic mass is 10.1. The minimum absolute atomic E-state index is 0.0389. The molecule has 0 aromatic heterocycles. The quantitative estimate of drug-likeness (QED) is 0.0290. The van der Waals surface area contributed by atoms with Gasteiger partial charge in [-0.25, -0.2) is 0 Å². The van der Waals surface area contributed by atoms with Crippen LogP contribution < -0.4 is 0 Å². The summed E-state index contributed by atoms with van der Waals surface area (Å²) >= 11 is 0. The highest BCUT2D eigenvalue weighted by molar-refractivity contribution is 5.69. The SMILES string of the molecule is CCCCCCCCC=CCCCCCCCOC(COC(=O)CCCCCCCC=CCCCCCCCC)C[N+]1(C)CCOCC1. The summed E-state index contributed by atoms with van der Waals surface area (Å²) in [6.45, 7) is 10.2. The molecule has 1 saturated heterocycles. The lowest BCUT2D eigenvalue weighted by molar-refractivity contribution is -0.919. The monoisotopic (exact) mass is 677 g/mol. The van der Waals surface area contributed by atoms with E-state index in [1.807, 2.05) is 0 Å². The Labute approximate surface area is 299 Å². The van der Waals surface area contributed by atoms with Gasteiger partial charge in [0.15, 0.2) is 0 Å². The highest BCUT2D eigenvalue weighted by Crippen LogP contribution is 2.15. The molecule has 0 spiro atoms. The Hall–Kier alpha value is -1.17. The number of rotatable bonds is 35. The van der Waals surface area contributed by atoms with Crippen molar-refractivity contribution in [2.75, 3.05) is 53.1 Å². The molecule has 1 heterocycles. The van der Waals surface area contributed by atoms with Gasteiger partial charge in [0.2, 0.25) is 0 Å². The van der Waals surface area contributed by atoms with Crippen molar-refractivity contribution < 1.29 is 23.5 Å². The van der Waals surface area contributed by atoms with Crippen molar-refractivity contribution in [1.29, 1.82) is 0 Å². The van der Waals surface area contributed by atoms with Crippen molar-refractivity contribution in [2.45, 2.75) is 193 Å². The maximum absolute atomic E-state index is 12.6. The van der Waals surface area contributed by atoms with Gasteiger partial charge in [0.05, 0.1) is 20.3 Å². The fourth-order valence-corrected chi connectivity index (χ4v) is 6.63. The summed E-state index contributed by atoms with van der Waals surface area (Å²) in [4.78, 5) is 12.6. The zero-order valence-electron chi connectivity index (χ0n) is 32.5. The van der Waals surface area contributed by atoms with Crippen LogP contribution >= 0.6 is 0 Å². The largest absolute Gasteiger partial charge is 0.463 e. The highest BCUT2D eigenvalue weighted by atomic mass is 16.6. The Morgan fingerprint density at radius 3 is 1.50 bits per heavy atom. The first-order valence-electron chi connectivity index (χ1n) is 21.1. The second-order valence-corrected chi connectivity index (χ2v) is 15.0. The Balaban J connectivity index is 2.11. The number of esters is 1. The molecule has 1 atom stereocenters. The summed E-state index contributed by atoms with van der Waals surface area (Å²) in [7, 11) is 2.29. The maximum atomic E-state index is 12.6. The number of carbonyl (C=O) groups is 1. The molecule has 48 heavy (non-hydrogen) atoms. The van der Waals surface area contributed by atoms with E-state index >= 15 is 0 Å². The molecule has 0 N–H and O–H groups in total. The third-order valence-corrected chi connectivity index (χ3v) is 10.0. The molecule has 0 aromatic carbocycles. The van der Waals surface area contributed by atoms with Gasteiger partial charge in [-0.2, -0.15) is 0 Å². The van der Waals surface area contributed by atoms with E-state index in [1.165, 1.54) is 148 Å². The van der Waals surface area contributed by atoms with Crippen molar-refractivity contribution in [3.8, 4) is 0 Å². The Morgan fingerprint density at radius 2 is 1.02 bits per heavy atom. The molecular weight excluding hydrogens is 594 g/mol. The van der Waals surface area contributed by atoms with Gasteiger partial charge >= 0.3 is 5.97 Å². The van der Waals surface area contributed by atoms with Crippen molar-refractivity contribution >= 4 is 5.97 Å². The number of hydrogen-bond acceptors (Lipinski definition) is 4. The lowest BCUT2D eigenvalue weighted by Gasteiger charge is -2.39. The van der Waals surface area contributed by atoms with Crippen molar-refractivity contribution in [1.82, 2.24) is 0 Å². The molecule has 5 heteroatoms. The summed E-state index contributed by atoms with van der Waals surface area (Å²) in [6.07, 6.45) is 43.4. The van der Waals surface area contributed by atoms with Crippen LogP contribution in [0.25, 0.3) is 0 Å². The van der Waals surface area contributed by atoms with Crippen LogP contribution in [0.5, 0.6) is 0 Å². The van der Waals surface area contributed by atoms with Gasteiger partial charge in [0, 0.05) is 13.0 Å². The Kier molecular flexibility index (Phi) is 32.0. The van der Waals surface area contributed by atoms with E-state index in [0.29, 0.717) is 13.0 Å². The van der Waals surface area contributed by atoms with Crippen LogP contribution in [0.1, 0.15) is 187 Å². The van der Waals surface area contributed by atoms with E-state index in [1.54, 1.807) is 0 Å². The van der Waals surface area contributed by atoms with Crippen LogP contribution in [0.2, 0.25) is 0 Å². The van der Waals surface area contributed by atoms with E-state index in [0.717, 1.165) is 63.2 Å². The van der Waals surface area contributed by atoms with Crippen molar-refractivity contribution in [3.63, 3.8) is 0 Å². The smallest absolute Gasteiger partial charge is 0.305 e. The van der Waals surface area contributed by atoms with Crippen LogP contribution in [0.3, 0.4) is 0 Å². The summed E-state index contributed by atoms with van der Waals surface area (Å²) in [5, 5.41) is 0. The predicted molar refractivity (Wildman–Crippen MR) is 207 cm³/mol. The summed E-state index contributed by atoms with van der Waals surface area (Å²) in [6, 6.07) is 0. The molecule has 282 valence electrons. The van der Waals surface area contributed by atoms with Crippen LogP contribution in [-0.2, 0) is 19.0 Å². The normalized spacial score (nSPS) is 15.5. The molecule has 0 bridgehead atoms. The highest BCUT2D eigenvalue weighted by Gasteiger charge is 2.30. The number of unbranched alkanes of at least 4 members (excludes halogenated alkanes) is 22. The molecule has 1 rings (SSSR count). The number of allylic oxidation sites excluding steroid dienone is 4. The van der Waals surface area contributed by atoms with Crippen LogP contribution in [0.4, 0.5) is 0 Å². The molecule has 1 aliphatic rings. The maximum Gasteiger partial charge on any atom is 0.305 e. The fourth-order valence-electron chi connectivity index (χ4n) is 6.63. The molecule has 1 fully saturated rings. The third-order valence-electron chi connectivity index (χ3n) is 10.0. The standard InChI is InChI=1S/C43H82NO4/c1-4-6-8-10-12-14-16-18-20-22-24-26-28-30-32-34-43(45)48-41-42(40-44(3)35-38-46-39-36-44)47-37-33-31-29-27-25-23-21-19-17-15-13-11-9-7-5-2/h18-21,42H,4-17,22-41H2,1-3H3/q+1. The van der Waals surface area contributed by atoms with Crippen molar-refractivity contribution in [3.05, 3.63) is 24.3 Å². The Bertz CT molecular complexity index is 745. The molecule has 0 aliphatic carbocycles. The lowest BCUT2D eigenvalue weighted by Crippen LogP contribution is -2.56. The fraction of sp³-hybridized carbons (Fsp3) is 0.884. The van der Waals surface area contributed by atoms with Gasteiger partial charge in [-0.1, -0.05) is 141 Å². The summed E-state index contributed by atoms with van der Waals surface area (Å²) in [5.74, 6) is -0.0631. The molecule has 0 radical (unpaired) electrons. The number of carbonyl (C=O) groups excluding carboxylic acids is 1. The Morgan fingerprint density at radius 1 is 0.604 bits per heavy atom. The van der Waals surface area contributed by atoms with Crippen molar-refractivity contribution in [2.24, 2.45) is 0 Å². The number of ether oxygens (including phenoxy) is 3. The van der Waals surface area contributed by atoms with Gasteiger partial charge in [0.1, 0.15) is 32.3 Å². The van der Waals surface area contributed by atoms with Gasteiger partial charge in [0.25, 0.3) is 0 Å². The van der Waals surface area contributed by atoms with Gasteiger partial charge in [-0.05, 0) is 64.2 Å². The van der Waals surface area contributed by atoms with E-state index in [9.17, 15) is 4.79 Å². The zero-order chi connectivity index (χ0) is 34.6. The molecule has 0 saturated carbocycles. The minimum atomic E-state index is -0.0631. The number of hydrogen-bond donors (Lipinski definition) is 0. The van der Waals surface area contributed by atoms with E-state index in [2.05, 4.69) is 45.2 Å². The number of nitrogens with zero attached hydrogens (tertiary/aromatic N) is 1. The molecule has 5 nitrogen and oxygen atoms in total. The number of morpholine rings is 1. The number of quaternary nitrogens is 1. The first kappa shape index (κ1) is 44.9. The first-order valence-corrected chi connectivity index (χ1v) is 21.1. The second-order valence-electron chi connectivity index (χ2n) is 15.0. The molecular formula is C43H82NO4+. The minimum Gasteiger partial charge on any atom is -0.463 e. The van der Waals surface area contributed by atoms with E-state index < -0.39 is 0 Å². The zero-order valence-corrected chi connectivity index (χ0v) is 32.5. The van der Waals surface area contributed by atoms with E-state index in [4.69, 9.17) is 14.2 Å². The second kappa shape index (κ2) is 34.3. The first-order chi connectivity index (χ1) is 23.6. The molecule has 1 unspecified atom stereocenters. The molecule has 1 aliphatic heterocycles. The number of likely N-dealkylation sites (N-methyl/N-ethyl adjacent to an activating group) is 1. The van der Waals surface area contributed by atoms with Gasteiger partial charge < -0.3 is 18.7 Å². The summed E-state index contributed by atoms with van der Waals surface area (Å²) < 4.78 is 18.7. The topological polar surface area (TPSA) is 44.8 Å². The average molecular weight is 677 g/mol. The van der Waals surface area contributed by atoms with Crippen LogP contribution in [-0.4, -0.2) is 69.7 Å².